The highest BCUT2D eigenvalue weighted by atomic mass is 35.5. The molecule has 1 aromatic heterocycles. The van der Waals surface area contributed by atoms with Gasteiger partial charge in [0.15, 0.2) is 11.7 Å². The molecule has 0 aliphatic rings. The predicted octanol–water partition coefficient (Wildman–Crippen LogP) is 5.23. The van der Waals surface area contributed by atoms with Crippen molar-refractivity contribution in [3.05, 3.63) is 58.1 Å². The standard InChI is InChI=1S/C19H15ClN2O2S/c1-11(2)24-16-6-4-3-5-13(16)18(23)14(10-21)19-22-15-9-12(20)7-8-17(15)25-19/h3-9,11,14H,1-2H3. The van der Waals surface area contributed by atoms with Crippen molar-refractivity contribution in [3.8, 4) is 11.8 Å². The number of nitrogens with zero attached hydrogens (tertiary/aromatic N) is 2. The molecule has 0 saturated carbocycles. The van der Waals surface area contributed by atoms with E-state index in [1.54, 1.807) is 36.4 Å². The van der Waals surface area contributed by atoms with Crippen LogP contribution < -0.4 is 4.74 Å². The third-order valence-corrected chi connectivity index (χ3v) is 4.86. The van der Waals surface area contributed by atoms with Crippen molar-refractivity contribution in [3.63, 3.8) is 0 Å². The molecular weight excluding hydrogens is 356 g/mol. The van der Waals surface area contributed by atoms with E-state index in [0.717, 1.165) is 4.70 Å². The normalized spacial score (nSPS) is 12.1. The molecule has 126 valence electrons. The first-order chi connectivity index (χ1) is 12.0. The lowest BCUT2D eigenvalue weighted by molar-refractivity contribution is 0.0973. The Hall–Kier alpha value is -2.42. The Kier molecular flexibility index (Phi) is 5.03. The minimum atomic E-state index is -0.979. The van der Waals surface area contributed by atoms with Gasteiger partial charge >= 0.3 is 0 Å². The lowest BCUT2D eigenvalue weighted by Gasteiger charge is -2.14. The number of fused-ring (bicyclic) bond motifs is 1. The van der Waals surface area contributed by atoms with Crippen LogP contribution in [0.2, 0.25) is 5.02 Å². The molecule has 1 atom stereocenters. The van der Waals surface area contributed by atoms with Crippen LogP contribution in [0.15, 0.2) is 42.5 Å². The zero-order valence-electron chi connectivity index (χ0n) is 13.7. The van der Waals surface area contributed by atoms with Crippen LogP contribution in [0, 0.1) is 11.3 Å². The number of carbonyl (C=O) groups is 1. The molecule has 0 saturated heterocycles. The molecule has 0 aliphatic carbocycles. The van der Waals surface area contributed by atoms with Gasteiger partial charge in [0.1, 0.15) is 10.8 Å². The molecule has 0 amide bonds. The molecule has 25 heavy (non-hydrogen) atoms. The SMILES string of the molecule is CC(C)Oc1ccccc1C(=O)C(C#N)c1nc2cc(Cl)ccc2s1. The highest BCUT2D eigenvalue weighted by molar-refractivity contribution is 7.18. The molecule has 1 heterocycles. The van der Waals surface area contributed by atoms with Crippen LogP contribution in [-0.4, -0.2) is 16.9 Å². The monoisotopic (exact) mass is 370 g/mol. The smallest absolute Gasteiger partial charge is 0.190 e. The van der Waals surface area contributed by atoms with Gasteiger partial charge in [-0.3, -0.25) is 4.79 Å². The summed E-state index contributed by atoms with van der Waals surface area (Å²) in [6, 6.07) is 14.4. The number of rotatable bonds is 5. The highest BCUT2D eigenvalue weighted by Crippen LogP contribution is 2.32. The van der Waals surface area contributed by atoms with Gasteiger partial charge < -0.3 is 4.74 Å². The fraction of sp³-hybridized carbons (Fsp3) is 0.211. The number of para-hydroxylation sites is 1. The summed E-state index contributed by atoms with van der Waals surface area (Å²) in [6.07, 6.45) is -0.0703. The maximum absolute atomic E-state index is 13.0. The van der Waals surface area contributed by atoms with Gasteiger partial charge in [-0.05, 0) is 44.2 Å². The summed E-state index contributed by atoms with van der Waals surface area (Å²) in [4.78, 5) is 17.4. The zero-order valence-corrected chi connectivity index (χ0v) is 15.3. The molecule has 0 aliphatic heterocycles. The Bertz CT molecular complexity index is 975. The summed E-state index contributed by atoms with van der Waals surface area (Å²) in [5.41, 5.74) is 1.08. The summed E-state index contributed by atoms with van der Waals surface area (Å²) in [5.74, 6) is -0.816. The lowest BCUT2D eigenvalue weighted by atomic mass is 9.98. The number of benzene rings is 2. The topological polar surface area (TPSA) is 63.0 Å². The van der Waals surface area contributed by atoms with Crippen molar-refractivity contribution < 1.29 is 9.53 Å². The van der Waals surface area contributed by atoms with Gasteiger partial charge in [0.2, 0.25) is 0 Å². The van der Waals surface area contributed by atoms with Gasteiger partial charge in [0, 0.05) is 5.02 Å². The maximum atomic E-state index is 13.0. The fourth-order valence-corrected chi connectivity index (χ4v) is 3.61. The number of halogens is 1. The fourth-order valence-electron chi connectivity index (χ4n) is 2.45. The van der Waals surface area contributed by atoms with E-state index >= 15 is 0 Å². The Morgan fingerprint density at radius 1 is 1.28 bits per heavy atom. The number of thiazole rings is 1. The second kappa shape index (κ2) is 7.22. The minimum absolute atomic E-state index is 0.0703. The average molecular weight is 371 g/mol. The molecule has 3 aromatic rings. The molecule has 2 aromatic carbocycles. The largest absolute Gasteiger partial charge is 0.490 e. The number of aromatic nitrogens is 1. The Morgan fingerprint density at radius 2 is 2.04 bits per heavy atom. The van der Waals surface area contributed by atoms with E-state index in [1.165, 1.54) is 11.3 Å². The van der Waals surface area contributed by atoms with Gasteiger partial charge in [0.05, 0.1) is 28.0 Å². The number of ether oxygens (including phenoxy) is 1. The molecule has 0 spiro atoms. The summed E-state index contributed by atoms with van der Waals surface area (Å²) in [6.45, 7) is 3.78. The van der Waals surface area contributed by atoms with E-state index in [-0.39, 0.29) is 11.9 Å². The van der Waals surface area contributed by atoms with Gasteiger partial charge in [0.25, 0.3) is 0 Å². The maximum Gasteiger partial charge on any atom is 0.190 e. The molecule has 0 radical (unpaired) electrons. The van der Waals surface area contributed by atoms with Crippen LogP contribution in [0.1, 0.15) is 35.1 Å². The number of Topliss-reactive ketones (excluding diaryl/α,β-unsaturated/α-hetero) is 1. The number of carbonyl (C=O) groups excluding carboxylic acids is 1. The van der Waals surface area contributed by atoms with Gasteiger partial charge in [-0.25, -0.2) is 4.98 Å². The minimum Gasteiger partial charge on any atom is -0.490 e. The van der Waals surface area contributed by atoms with E-state index < -0.39 is 5.92 Å². The van der Waals surface area contributed by atoms with Crippen molar-refractivity contribution in [2.75, 3.05) is 0 Å². The highest BCUT2D eigenvalue weighted by Gasteiger charge is 2.27. The van der Waals surface area contributed by atoms with Crippen molar-refractivity contribution >= 4 is 38.9 Å². The Balaban J connectivity index is 2.00. The first kappa shape index (κ1) is 17.4. The predicted molar refractivity (Wildman–Crippen MR) is 99.5 cm³/mol. The van der Waals surface area contributed by atoms with Crippen LogP contribution in [-0.2, 0) is 0 Å². The molecule has 6 heteroatoms. The van der Waals surface area contributed by atoms with Crippen LogP contribution in [0.25, 0.3) is 10.2 Å². The third kappa shape index (κ3) is 3.65. The molecule has 0 bridgehead atoms. The van der Waals surface area contributed by atoms with Gasteiger partial charge in [-0.2, -0.15) is 5.26 Å². The number of nitriles is 1. The van der Waals surface area contributed by atoms with Crippen LogP contribution in [0.4, 0.5) is 0 Å². The zero-order chi connectivity index (χ0) is 18.0. The second-order valence-corrected chi connectivity index (χ2v) is 7.25. The molecule has 0 fully saturated rings. The third-order valence-electron chi connectivity index (χ3n) is 3.52. The Labute approximate surface area is 154 Å². The van der Waals surface area contributed by atoms with Crippen LogP contribution in [0.5, 0.6) is 5.75 Å². The quantitative estimate of drug-likeness (QED) is 0.577. The van der Waals surface area contributed by atoms with E-state index in [9.17, 15) is 10.1 Å². The van der Waals surface area contributed by atoms with Crippen molar-refractivity contribution in [1.82, 2.24) is 4.98 Å². The van der Waals surface area contributed by atoms with Gasteiger partial charge in [-0.1, -0.05) is 23.7 Å². The first-order valence-corrected chi connectivity index (χ1v) is 8.94. The molecule has 0 N–H and O–H groups in total. The summed E-state index contributed by atoms with van der Waals surface area (Å²) < 4.78 is 6.60. The van der Waals surface area contributed by atoms with Gasteiger partial charge in [-0.15, -0.1) is 11.3 Å². The van der Waals surface area contributed by atoms with E-state index in [4.69, 9.17) is 16.3 Å². The average Bonchev–Trinajstić information content (AvgIpc) is 2.98. The molecular formula is C19H15ClN2O2S. The van der Waals surface area contributed by atoms with E-state index in [0.29, 0.717) is 26.9 Å². The first-order valence-electron chi connectivity index (χ1n) is 7.75. The van der Waals surface area contributed by atoms with Crippen LogP contribution >= 0.6 is 22.9 Å². The number of hydrogen-bond acceptors (Lipinski definition) is 5. The van der Waals surface area contributed by atoms with Crippen molar-refractivity contribution in [2.24, 2.45) is 0 Å². The Morgan fingerprint density at radius 3 is 2.76 bits per heavy atom. The number of hydrogen-bond donors (Lipinski definition) is 0. The lowest BCUT2D eigenvalue weighted by Crippen LogP contribution is -2.15. The summed E-state index contributed by atoms with van der Waals surface area (Å²) >= 11 is 7.31. The second-order valence-electron chi connectivity index (χ2n) is 5.75. The summed E-state index contributed by atoms with van der Waals surface area (Å²) in [5, 5.41) is 10.6. The van der Waals surface area contributed by atoms with Crippen LogP contribution in [0.3, 0.4) is 0 Å². The van der Waals surface area contributed by atoms with E-state index in [1.807, 2.05) is 19.9 Å². The molecule has 3 rings (SSSR count). The molecule has 4 nitrogen and oxygen atoms in total. The van der Waals surface area contributed by atoms with Crippen molar-refractivity contribution in [2.45, 2.75) is 25.9 Å². The molecule has 1 unspecified atom stereocenters. The van der Waals surface area contributed by atoms with E-state index in [2.05, 4.69) is 11.1 Å². The number of ketones is 1. The van der Waals surface area contributed by atoms with Crippen molar-refractivity contribution in [1.29, 1.82) is 5.26 Å². The summed E-state index contributed by atoms with van der Waals surface area (Å²) in [7, 11) is 0.